The van der Waals surface area contributed by atoms with Crippen molar-refractivity contribution in [2.45, 2.75) is 52.0 Å². The smallest absolute Gasteiger partial charge is 0.0591 e. The van der Waals surface area contributed by atoms with Crippen LogP contribution in [0.15, 0.2) is 0 Å². The molecule has 0 aromatic heterocycles. The largest absolute Gasteiger partial charge is 0.379 e. The Morgan fingerprint density at radius 3 is 1.73 bits per heavy atom. The predicted molar refractivity (Wildman–Crippen MR) is 66.1 cm³/mol. The molecule has 92 valence electrons. The lowest BCUT2D eigenvalue weighted by Crippen LogP contribution is -2.30. The Morgan fingerprint density at radius 1 is 1.00 bits per heavy atom. The van der Waals surface area contributed by atoms with Crippen molar-refractivity contribution in [1.82, 2.24) is 5.32 Å². The molecule has 1 saturated heterocycles. The second-order valence-electron chi connectivity index (χ2n) is 3.76. The molecule has 0 aromatic rings. The number of morpholine rings is 1. The highest BCUT2D eigenvalue weighted by molar-refractivity contribution is 4.66. The van der Waals surface area contributed by atoms with Gasteiger partial charge >= 0.3 is 0 Å². The normalized spacial score (nSPS) is 21.8. The van der Waals surface area contributed by atoms with E-state index in [-0.39, 0.29) is 0 Å². The first-order valence-corrected chi connectivity index (χ1v) is 6.43. The molecule has 1 saturated carbocycles. The third-order valence-corrected chi connectivity index (χ3v) is 2.50. The van der Waals surface area contributed by atoms with E-state index in [9.17, 15) is 0 Å². The van der Waals surface area contributed by atoms with Crippen LogP contribution in [-0.4, -0.2) is 32.3 Å². The lowest BCUT2D eigenvalue weighted by Gasteiger charge is -2.15. The monoisotopic (exact) mass is 216 g/mol. The van der Waals surface area contributed by atoms with Gasteiger partial charge in [0.15, 0.2) is 0 Å². The standard InChI is InChI=1S/C6H13N.C4H9NO.C2H6/c7-6-4-2-1-3-5-6;1-3-6-4-2-5-1;1-2/h6H,1-5,7H2;5H,1-4H2;1-2H3. The van der Waals surface area contributed by atoms with Crippen molar-refractivity contribution in [2.24, 2.45) is 5.73 Å². The van der Waals surface area contributed by atoms with E-state index < -0.39 is 0 Å². The Kier molecular flexibility index (Phi) is 11.9. The summed E-state index contributed by atoms with van der Waals surface area (Å²) >= 11 is 0. The van der Waals surface area contributed by atoms with Crippen LogP contribution < -0.4 is 11.1 Å². The molecule has 0 amide bonds. The first kappa shape index (κ1) is 14.9. The Balaban J connectivity index is 0.000000227. The van der Waals surface area contributed by atoms with Gasteiger partial charge in [0.1, 0.15) is 0 Å². The fourth-order valence-electron chi connectivity index (χ4n) is 1.65. The van der Waals surface area contributed by atoms with Gasteiger partial charge in [-0.3, -0.25) is 0 Å². The average Bonchev–Trinajstić information content (AvgIpc) is 2.36. The van der Waals surface area contributed by atoms with Crippen LogP contribution >= 0.6 is 0 Å². The highest BCUT2D eigenvalue weighted by Crippen LogP contribution is 2.14. The summed E-state index contributed by atoms with van der Waals surface area (Å²) in [6, 6.07) is 0.536. The van der Waals surface area contributed by atoms with Gasteiger partial charge in [0, 0.05) is 19.1 Å². The van der Waals surface area contributed by atoms with Crippen molar-refractivity contribution in [1.29, 1.82) is 0 Å². The molecular weight excluding hydrogens is 188 g/mol. The molecule has 0 unspecified atom stereocenters. The van der Waals surface area contributed by atoms with Crippen molar-refractivity contribution in [3.63, 3.8) is 0 Å². The van der Waals surface area contributed by atoms with E-state index >= 15 is 0 Å². The van der Waals surface area contributed by atoms with Crippen molar-refractivity contribution >= 4 is 0 Å². The molecule has 3 N–H and O–H groups in total. The van der Waals surface area contributed by atoms with Gasteiger partial charge in [-0.2, -0.15) is 0 Å². The van der Waals surface area contributed by atoms with Gasteiger partial charge in [-0.15, -0.1) is 0 Å². The summed E-state index contributed by atoms with van der Waals surface area (Å²) < 4.78 is 5.01. The summed E-state index contributed by atoms with van der Waals surface area (Å²) in [5.41, 5.74) is 5.63. The molecule has 0 spiro atoms. The lowest BCUT2D eigenvalue weighted by molar-refractivity contribution is 0.109. The second kappa shape index (κ2) is 12.0. The van der Waals surface area contributed by atoms with Crippen LogP contribution in [0.4, 0.5) is 0 Å². The molecule has 2 aliphatic rings. The second-order valence-corrected chi connectivity index (χ2v) is 3.76. The van der Waals surface area contributed by atoms with Gasteiger partial charge in [0.25, 0.3) is 0 Å². The third-order valence-electron chi connectivity index (χ3n) is 2.50. The van der Waals surface area contributed by atoms with E-state index in [0.29, 0.717) is 6.04 Å². The topological polar surface area (TPSA) is 47.3 Å². The van der Waals surface area contributed by atoms with Crippen molar-refractivity contribution in [2.75, 3.05) is 26.3 Å². The van der Waals surface area contributed by atoms with E-state index in [1.807, 2.05) is 13.8 Å². The minimum atomic E-state index is 0.536. The Morgan fingerprint density at radius 2 is 1.53 bits per heavy atom. The maximum absolute atomic E-state index is 5.63. The molecule has 1 heterocycles. The average molecular weight is 216 g/mol. The Bertz CT molecular complexity index is 98.7. The van der Waals surface area contributed by atoms with E-state index in [1.165, 1.54) is 32.1 Å². The van der Waals surface area contributed by atoms with E-state index in [1.54, 1.807) is 0 Å². The van der Waals surface area contributed by atoms with Gasteiger partial charge < -0.3 is 15.8 Å². The maximum atomic E-state index is 5.63. The van der Waals surface area contributed by atoms with Gasteiger partial charge in [0.2, 0.25) is 0 Å². The minimum absolute atomic E-state index is 0.536. The highest BCUT2D eigenvalue weighted by Gasteiger charge is 2.06. The van der Waals surface area contributed by atoms with Crippen LogP contribution in [0.5, 0.6) is 0 Å². The van der Waals surface area contributed by atoms with E-state index in [0.717, 1.165) is 26.3 Å². The van der Waals surface area contributed by atoms with Gasteiger partial charge in [-0.25, -0.2) is 0 Å². The third kappa shape index (κ3) is 10.2. The number of rotatable bonds is 0. The van der Waals surface area contributed by atoms with Gasteiger partial charge in [-0.1, -0.05) is 33.1 Å². The fourth-order valence-corrected chi connectivity index (χ4v) is 1.65. The molecule has 3 heteroatoms. The summed E-state index contributed by atoms with van der Waals surface area (Å²) in [7, 11) is 0. The van der Waals surface area contributed by atoms with Crippen molar-refractivity contribution in [3.8, 4) is 0 Å². The molecule has 3 nitrogen and oxygen atoms in total. The molecule has 0 atom stereocenters. The van der Waals surface area contributed by atoms with Crippen LogP contribution in [-0.2, 0) is 4.74 Å². The van der Waals surface area contributed by atoms with Crippen LogP contribution in [0.1, 0.15) is 46.0 Å². The molecule has 1 aliphatic carbocycles. The van der Waals surface area contributed by atoms with Crippen LogP contribution in [0.25, 0.3) is 0 Å². The summed E-state index contributed by atoms with van der Waals surface area (Å²) in [5.74, 6) is 0. The summed E-state index contributed by atoms with van der Waals surface area (Å²) in [6.07, 6.45) is 6.66. The Labute approximate surface area is 94.8 Å². The zero-order chi connectivity index (χ0) is 11.4. The zero-order valence-electron chi connectivity index (χ0n) is 10.4. The number of ether oxygens (including phenoxy) is 1. The van der Waals surface area contributed by atoms with Crippen molar-refractivity contribution < 1.29 is 4.74 Å². The van der Waals surface area contributed by atoms with Gasteiger partial charge in [-0.05, 0) is 12.8 Å². The van der Waals surface area contributed by atoms with Gasteiger partial charge in [0.05, 0.1) is 13.2 Å². The van der Waals surface area contributed by atoms with Crippen LogP contribution in [0.2, 0.25) is 0 Å². The summed E-state index contributed by atoms with van der Waals surface area (Å²) in [6.45, 7) is 7.83. The Hall–Kier alpha value is -0.120. The molecule has 2 rings (SSSR count). The molecule has 15 heavy (non-hydrogen) atoms. The SMILES string of the molecule is C1COCCN1.CC.NC1CCCCC1. The minimum Gasteiger partial charge on any atom is -0.379 e. The highest BCUT2D eigenvalue weighted by atomic mass is 16.5. The predicted octanol–water partition coefficient (Wildman–Crippen LogP) is 1.91. The molecule has 1 aliphatic heterocycles. The number of hydrogen-bond donors (Lipinski definition) is 2. The van der Waals surface area contributed by atoms with Crippen LogP contribution in [0.3, 0.4) is 0 Å². The first-order chi connectivity index (χ1) is 7.39. The zero-order valence-corrected chi connectivity index (χ0v) is 10.4. The van der Waals surface area contributed by atoms with E-state index in [2.05, 4.69) is 5.32 Å². The number of nitrogens with one attached hydrogen (secondary N) is 1. The molecule has 0 aromatic carbocycles. The fraction of sp³-hybridized carbons (Fsp3) is 1.00. The number of hydrogen-bond acceptors (Lipinski definition) is 3. The number of nitrogens with two attached hydrogens (primary N) is 1. The summed E-state index contributed by atoms with van der Waals surface area (Å²) in [4.78, 5) is 0. The van der Waals surface area contributed by atoms with E-state index in [4.69, 9.17) is 10.5 Å². The maximum Gasteiger partial charge on any atom is 0.0591 e. The summed E-state index contributed by atoms with van der Waals surface area (Å²) in [5, 5.41) is 3.16. The van der Waals surface area contributed by atoms with Crippen molar-refractivity contribution in [3.05, 3.63) is 0 Å². The molecule has 0 bridgehead atoms. The first-order valence-electron chi connectivity index (χ1n) is 6.43. The molecular formula is C12H28N2O. The lowest BCUT2D eigenvalue weighted by atomic mass is 9.97. The molecule has 2 fully saturated rings. The molecule has 0 radical (unpaired) electrons. The van der Waals surface area contributed by atoms with Crippen LogP contribution in [0, 0.1) is 0 Å². The quantitative estimate of drug-likeness (QED) is 0.650.